The molecule has 1 atom stereocenters. The Labute approximate surface area is 133 Å². The Morgan fingerprint density at radius 3 is 3.00 bits per heavy atom. The summed E-state index contributed by atoms with van der Waals surface area (Å²) in [4.78, 5) is 11.0. The highest BCUT2D eigenvalue weighted by molar-refractivity contribution is 5.79. The molecule has 122 valence electrons. The van der Waals surface area contributed by atoms with E-state index in [0.29, 0.717) is 12.6 Å². The lowest BCUT2D eigenvalue weighted by Gasteiger charge is -2.15. The SMILES string of the molecule is CCNC(=NCc1ccnc(N(C)C)c1)NCC1CCCO1. The maximum absolute atomic E-state index is 5.63. The fourth-order valence-corrected chi connectivity index (χ4v) is 2.33. The molecule has 0 aromatic carbocycles. The molecule has 6 nitrogen and oxygen atoms in total. The van der Waals surface area contributed by atoms with E-state index >= 15 is 0 Å². The molecule has 0 aliphatic carbocycles. The van der Waals surface area contributed by atoms with Gasteiger partial charge < -0.3 is 20.3 Å². The number of aromatic nitrogens is 1. The first-order valence-corrected chi connectivity index (χ1v) is 7.95. The number of nitrogens with zero attached hydrogens (tertiary/aromatic N) is 3. The molecule has 1 aliphatic rings. The van der Waals surface area contributed by atoms with E-state index in [9.17, 15) is 0 Å². The first-order chi connectivity index (χ1) is 10.7. The van der Waals surface area contributed by atoms with E-state index < -0.39 is 0 Å². The van der Waals surface area contributed by atoms with Gasteiger partial charge in [0.1, 0.15) is 5.82 Å². The van der Waals surface area contributed by atoms with E-state index in [1.165, 1.54) is 0 Å². The summed E-state index contributed by atoms with van der Waals surface area (Å²) in [6, 6.07) is 4.06. The maximum Gasteiger partial charge on any atom is 0.191 e. The van der Waals surface area contributed by atoms with Gasteiger partial charge in [0, 0.05) is 40.0 Å². The topological polar surface area (TPSA) is 61.8 Å². The monoisotopic (exact) mass is 305 g/mol. The van der Waals surface area contributed by atoms with Crippen LogP contribution < -0.4 is 15.5 Å². The van der Waals surface area contributed by atoms with Crippen molar-refractivity contribution in [2.75, 3.05) is 38.7 Å². The van der Waals surface area contributed by atoms with Crippen LogP contribution in [0.25, 0.3) is 0 Å². The van der Waals surface area contributed by atoms with Crippen molar-refractivity contribution in [2.45, 2.75) is 32.4 Å². The van der Waals surface area contributed by atoms with E-state index in [4.69, 9.17) is 4.74 Å². The van der Waals surface area contributed by atoms with Crippen LogP contribution in [0.5, 0.6) is 0 Å². The molecule has 1 fully saturated rings. The Morgan fingerprint density at radius 2 is 2.32 bits per heavy atom. The van der Waals surface area contributed by atoms with Gasteiger partial charge in [0.25, 0.3) is 0 Å². The molecule has 1 aromatic heterocycles. The minimum absolute atomic E-state index is 0.310. The second kappa shape index (κ2) is 8.58. The summed E-state index contributed by atoms with van der Waals surface area (Å²) >= 11 is 0. The molecule has 2 heterocycles. The molecule has 2 rings (SSSR count). The van der Waals surface area contributed by atoms with Crippen LogP contribution in [0.3, 0.4) is 0 Å². The van der Waals surface area contributed by atoms with Gasteiger partial charge >= 0.3 is 0 Å². The van der Waals surface area contributed by atoms with Crippen LogP contribution in [0.1, 0.15) is 25.3 Å². The number of guanidine groups is 1. The number of nitrogens with one attached hydrogen (secondary N) is 2. The zero-order valence-electron chi connectivity index (χ0n) is 13.8. The molecule has 22 heavy (non-hydrogen) atoms. The van der Waals surface area contributed by atoms with Gasteiger partial charge in [0.05, 0.1) is 12.6 Å². The Balaban J connectivity index is 1.92. The lowest BCUT2D eigenvalue weighted by atomic mass is 10.2. The first kappa shape index (κ1) is 16.5. The van der Waals surface area contributed by atoms with E-state index in [1.807, 2.05) is 31.3 Å². The van der Waals surface area contributed by atoms with Crippen molar-refractivity contribution in [1.82, 2.24) is 15.6 Å². The summed E-state index contributed by atoms with van der Waals surface area (Å²) in [6.45, 7) is 5.23. The third-order valence-corrected chi connectivity index (χ3v) is 3.55. The first-order valence-electron chi connectivity index (χ1n) is 7.95. The molecule has 6 heteroatoms. The third-order valence-electron chi connectivity index (χ3n) is 3.55. The van der Waals surface area contributed by atoms with Gasteiger partial charge in [0.15, 0.2) is 5.96 Å². The molecule has 0 bridgehead atoms. The minimum Gasteiger partial charge on any atom is -0.376 e. The lowest BCUT2D eigenvalue weighted by molar-refractivity contribution is 0.114. The molecule has 1 aromatic rings. The molecule has 0 radical (unpaired) electrons. The molecule has 1 saturated heterocycles. The quantitative estimate of drug-likeness (QED) is 0.614. The van der Waals surface area contributed by atoms with Gasteiger partial charge in [-0.2, -0.15) is 0 Å². The highest BCUT2D eigenvalue weighted by atomic mass is 16.5. The van der Waals surface area contributed by atoms with Gasteiger partial charge in [-0.25, -0.2) is 9.98 Å². The van der Waals surface area contributed by atoms with Crippen LogP contribution in [0, 0.1) is 0 Å². The molecule has 2 N–H and O–H groups in total. The van der Waals surface area contributed by atoms with Crippen molar-refractivity contribution in [2.24, 2.45) is 4.99 Å². The Kier molecular flexibility index (Phi) is 6.45. The summed E-state index contributed by atoms with van der Waals surface area (Å²) in [5.74, 6) is 1.78. The molecule has 0 spiro atoms. The number of hydrogen-bond donors (Lipinski definition) is 2. The number of ether oxygens (including phenoxy) is 1. The van der Waals surface area contributed by atoms with Gasteiger partial charge in [-0.15, -0.1) is 0 Å². The largest absolute Gasteiger partial charge is 0.376 e. The predicted octanol–water partition coefficient (Wildman–Crippen LogP) is 1.38. The molecule has 1 aliphatic heterocycles. The number of anilines is 1. The van der Waals surface area contributed by atoms with Crippen LogP contribution in [0.15, 0.2) is 23.3 Å². The number of pyridine rings is 1. The summed E-state index contributed by atoms with van der Waals surface area (Å²) in [7, 11) is 3.98. The van der Waals surface area contributed by atoms with Crippen LogP contribution in [-0.2, 0) is 11.3 Å². The fourth-order valence-electron chi connectivity index (χ4n) is 2.33. The van der Waals surface area contributed by atoms with E-state index in [1.54, 1.807) is 0 Å². The van der Waals surface area contributed by atoms with Crippen molar-refractivity contribution >= 4 is 11.8 Å². The molecule has 1 unspecified atom stereocenters. The maximum atomic E-state index is 5.63. The molecule has 0 amide bonds. The average Bonchev–Trinajstić information content (AvgIpc) is 3.03. The summed E-state index contributed by atoms with van der Waals surface area (Å²) < 4.78 is 5.63. The molecule has 0 saturated carbocycles. The summed E-state index contributed by atoms with van der Waals surface area (Å²) in [5, 5.41) is 6.63. The highest BCUT2D eigenvalue weighted by Gasteiger charge is 2.15. The van der Waals surface area contributed by atoms with Crippen LogP contribution in [0.2, 0.25) is 0 Å². The second-order valence-electron chi connectivity index (χ2n) is 5.63. The van der Waals surface area contributed by atoms with E-state index in [0.717, 1.165) is 49.9 Å². The Morgan fingerprint density at radius 1 is 1.45 bits per heavy atom. The van der Waals surface area contributed by atoms with Crippen molar-refractivity contribution in [3.63, 3.8) is 0 Å². The van der Waals surface area contributed by atoms with Crippen molar-refractivity contribution in [3.8, 4) is 0 Å². The van der Waals surface area contributed by atoms with Gasteiger partial charge in [-0.05, 0) is 37.5 Å². The fraction of sp³-hybridized carbons (Fsp3) is 0.625. The average molecular weight is 305 g/mol. The highest BCUT2D eigenvalue weighted by Crippen LogP contribution is 2.11. The summed E-state index contributed by atoms with van der Waals surface area (Å²) in [6.07, 6.45) is 4.42. The number of hydrogen-bond acceptors (Lipinski definition) is 4. The zero-order valence-corrected chi connectivity index (χ0v) is 13.8. The van der Waals surface area contributed by atoms with Crippen molar-refractivity contribution < 1.29 is 4.74 Å². The normalized spacial score (nSPS) is 18.3. The Bertz CT molecular complexity index is 483. The zero-order chi connectivity index (χ0) is 15.8. The number of rotatable bonds is 6. The lowest BCUT2D eigenvalue weighted by Crippen LogP contribution is -2.41. The van der Waals surface area contributed by atoms with Crippen molar-refractivity contribution in [1.29, 1.82) is 0 Å². The minimum atomic E-state index is 0.310. The van der Waals surface area contributed by atoms with Crippen LogP contribution in [-0.4, -0.2) is 50.8 Å². The molecular formula is C16H27N5O. The summed E-state index contributed by atoms with van der Waals surface area (Å²) in [5.41, 5.74) is 1.15. The van der Waals surface area contributed by atoms with Gasteiger partial charge in [-0.1, -0.05) is 0 Å². The smallest absolute Gasteiger partial charge is 0.191 e. The predicted molar refractivity (Wildman–Crippen MR) is 90.4 cm³/mol. The third kappa shape index (κ3) is 5.18. The number of aliphatic imine (C=N–C) groups is 1. The van der Waals surface area contributed by atoms with Crippen LogP contribution in [0.4, 0.5) is 5.82 Å². The standard InChI is InChI=1S/C16H27N5O/c1-4-17-16(20-12-14-6-5-9-22-14)19-11-13-7-8-18-15(10-13)21(2)3/h7-8,10,14H,4-6,9,11-12H2,1-3H3,(H2,17,19,20). The van der Waals surface area contributed by atoms with Crippen molar-refractivity contribution in [3.05, 3.63) is 23.9 Å². The van der Waals surface area contributed by atoms with Gasteiger partial charge in [0.2, 0.25) is 0 Å². The van der Waals surface area contributed by atoms with E-state index in [2.05, 4.69) is 33.6 Å². The van der Waals surface area contributed by atoms with Gasteiger partial charge in [-0.3, -0.25) is 0 Å². The second-order valence-corrected chi connectivity index (χ2v) is 5.63. The Hall–Kier alpha value is -1.82. The molecular weight excluding hydrogens is 278 g/mol. The van der Waals surface area contributed by atoms with E-state index in [-0.39, 0.29) is 0 Å². The van der Waals surface area contributed by atoms with Crippen LogP contribution >= 0.6 is 0 Å².